The molecule has 0 heterocycles. The zero-order valence-electron chi connectivity index (χ0n) is 6.69. The Morgan fingerprint density at radius 2 is 1.69 bits per heavy atom. The topological polar surface area (TPSA) is 103 Å². The fourth-order valence-corrected chi connectivity index (χ4v) is 0.721. The molecule has 5 heteroatoms. The van der Waals surface area contributed by atoms with Crippen molar-refractivity contribution >= 4 is 17.7 Å². The first kappa shape index (κ1) is 10.9. The van der Waals surface area contributed by atoms with Crippen molar-refractivity contribution in [2.75, 3.05) is 5.73 Å². The summed E-state index contributed by atoms with van der Waals surface area (Å²) in [6.45, 7) is 0. The molecule has 0 fully saturated rings. The van der Waals surface area contributed by atoms with Crippen LogP contribution in [0.25, 0.3) is 0 Å². The van der Waals surface area contributed by atoms with Crippen molar-refractivity contribution in [3.05, 3.63) is 29.8 Å². The minimum absolute atomic E-state index is 0.250. The van der Waals surface area contributed by atoms with Crippen molar-refractivity contribution in [2.24, 2.45) is 5.73 Å². The van der Waals surface area contributed by atoms with Crippen LogP contribution in [0.5, 0.6) is 0 Å². The van der Waals surface area contributed by atoms with Gasteiger partial charge < -0.3 is 11.5 Å². The standard InChI is InChI=1S/C7H8N2O.CO2/c8-6-4-2-1-3-5(6)7(9)10;2-1-3/h1-4H,8H2,(H2,9,10);. The summed E-state index contributed by atoms with van der Waals surface area (Å²) >= 11 is 0. The first-order chi connectivity index (χ1) is 6.13. The maximum Gasteiger partial charge on any atom is 0.373 e. The van der Waals surface area contributed by atoms with E-state index in [0.717, 1.165) is 0 Å². The van der Waals surface area contributed by atoms with E-state index >= 15 is 0 Å². The minimum Gasteiger partial charge on any atom is -0.398 e. The predicted octanol–water partition coefficient (Wildman–Crippen LogP) is -0.216. The molecule has 0 unspecified atom stereocenters. The quantitative estimate of drug-likeness (QED) is 0.583. The molecule has 5 nitrogen and oxygen atoms in total. The molecule has 0 aliphatic heterocycles. The Hall–Kier alpha value is -2.13. The molecule has 0 spiro atoms. The van der Waals surface area contributed by atoms with E-state index in [1.54, 1.807) is 24.3 Å². The van der Waals surface area contributed by atoms with Crippen LogP contribution in [0.1, 0.15) is 10.4 Å². The summed E-state index contributed by atoms with van der Waals surface area (Å²) in [5.41, 5.74) is 11.2. The molecule has 0 saturated carbocycles. The van der Waals surface area contributed by atoms with Crippen molar-refractivity contribution in [2.45, 2.75) is 0 Å². The third-order valence-corrected chi connectivity index (χ3v) is 1.23. The second kappa shape index (κ2) is 5.51. The van der Waals surface area contributed by atoms with Crippen LogP contribution in [0.3, 0.4) is 0 Å². The highest BCUT2D eigenvalue weighted by atomic mass is 16.2. The summed E-state index contributed by atoms with van der Waals surface area (Å²) in [5.74, 6) is -0.488. The molecule has 4 N–H and O–H groups in total. The van der Waals surface area contributed by atoms with Crippen LogP contribution in [-0.2, 0) is 9.59 Å². The van der Waals surface area contributed by atoms with Gasteiger partial charge in [-0.25, -0.2) is 0 Å². The van der Waals surface area contributed by atoms with Crippen molar-refractivity contribution in [1.29, 1.82) is 0 Å². The smallest absolute Gasteiger partial charge is 0.373 e. The van der Waals surface area contributed by atoms with Gasteiger partial charge in [-0.1, -0.05) is 12.1 Å². The highest BCUT2D eigenvalue weighted by Gasteiger charge is 2.01. The van der Waals surface area contributed by atoms with E-state index in [2.05, 4.69) is 0 Å². The van der Waals surface area contributed by atoms with Crippen LogP contribution in [-0.4, -0.2) is 12.1 Å². The van der Waals surface area contributed by atoms with Gasteiger partial charge in [0.05, 0.1) is 5.56 Å². The van der Waals surface area contributed by atoms with E-state index < -0.39 is 5.91 Å². The summed E-state index contributed by atoms with van der Waals surface area (Å²) in [4.78, 5) is 26.8. The monoisotopic (exact) mass is 180 g/mol. The summed E-state index contributed by atoms with van der Waals surface area (Å²) in [7, 11) is 0. The molecule has 0 saturated heterocycles. The van der Waals surface area contributed by atoms with Gasteiger partial charge in [0, 0.05) is 5.69 Å². The summed E-state index contributed by atoms with van der Waals surface area (Å²) in [6, 6.07) is 6.70. The first-order valence-corrected chi connectivity index (χ1v) is 3.27. The Balaban J connectivity index is 0.000000424. The van der Waals surface area contributed by atoms with E-state index in [-0.39, 0.29) is 6.15 Å². The molecule has 1 aromatic rings. The zero-order valence-corrected chi connectivity index (χ0v) is 6.69. The fraction of sp³-hybridized carbons (Fsp3) is 0. The highest BCUT2D eigenvalue weighted by Crippen LogP contribution is 2.08. The van der Waals surface area contributed by atoms with Crippen molar-refractivity contribution < 1.29 is 14.4 Å². The normalized spacial score (nSPS) is 7.69. The number of hydrogen-bond acceptors (Lipinski definition) is 4. The van der Waals surface area contributed by atoms with E-state index in [1.807, 2.05) is 0 Å². The Bertz CT molecular complexity index is 330. The first-order valence-electron chi connectivity index (χ1n) is 3.27. The van der Waals surface area contributed by atoms with Gasteiger partial charge in [0.15, 0.2) is 0 Å². The van der Waals surface area contributed by atoms with E-state index in [0.29, 0.717) is 11.3 Å². The Morgan fingerprint density at radius 1 is 1.23 bits per heavy atom. The van der Waals surface area contributed by atoms with E-state index in [1.165, 1.54) is 0 Å². The molecule has 0 aromatic heterocycles. The van der Waals surface area contributed by atoms with Crippen LogP contribution < -0.4 is 11.5 Å². The largest absolute Gasteiger partial charge is 0.398 e. The maximum atomic E-state index is 10.6. The van der Waals surface area contributed by atoms with Crippen LogP contribution in [0.2, 0.25) is 0 Å². The van der Waals surface area contributed by atoms with Crippen molar-refractivity contribution in [3.63, 3.8) is 0 Å². The van der Waals surface area contributed by atoms with Crippen molar-refractivity contribution in [1.82, 2.24) is 0 Å². The number of hydrogen-bond donors (Lipinski definition) is 2. The van der Waals surface area contributed by atoms with E-state index in [9.17, 15) is 4.79 Å². The number of amides is 1. The molecule has 1 amide bonds. The lowest BCUT2D eigenvalue weighted by molar-refractivity contribution is -0.191. The molecule has 68 valence electrons. The van der Waals surface area contributed by atoms with Crippen LogP contribution in [0, 0.1) is 0 Å². The number of anilines is 1. The van der Waals surface area contributed by atoms with Gasteiger partial charge in [-0.15, -0.1) is 0 Å². The Kier molecular flexibility index (Phi) is 4.61. The summed E-state index contributed by atoms with van der Waals surface area (Å²) in [5, 5.41) is 0. The van der Waals surface area contributed by atoms with Gasteiger partial charge in [0.25, 0.3) is 5.91 Å². The van der Waals surface area contributed by atoms with Crippen molar-refractivity contribution in [3.8, 4) is 0 Å². The predicted molar refractivity (Wildman–Crippen MR) is 44.4 cm³/mol. The lowest BCUT2D eigenvalue weighted by Crippen LogP contribution is -2.12. The molecule has 0 bridgehead atoms. The lowest BCUT2D eigenvalue weighted by Gasteiger charge is -1.97. The van der Waals surface area contributed by atoms with Gasteiger partial charge >= 0.3 is 6.15 Å². The van der Waals surface area contributed by atoms with Gasteiger partial charge in [0.2, 0.25) is 0 Å². The molecule has 1 rings (SSSR count). The molecule has 0 aliphatic rings. The third-order valence-electron chi connectivity index (χ3n) is 1.23. The van der Waals surface area contributed by atoms with E-state index in [4.69, 9.17) is 21.1 Å². The number of nitrogen functional groups attached to an aromatic ring is 1. The molecule has 1 aromatic carbocycles. The summed E-state index contributed by atoms with van der Waals surface area (Å²) < 4.78 is 0. The number of nitrogens with two attached hydrogens (primary N) is 2. The van der Waals surface area contributed by atoms with Gasteiger partial charge in [0.1, 0.15) is 0 Å². The molecular weight excluding hydrogens is 172 g/mol. The Labute approximate surface area is 74.3 Å². The maximum absolute atomic E-state index is 10.6. The number of para-hydroxylation sites is 1. The minimum atomic E-state index is -0.488. The zero-order chi connectivity index (χ0) is 10.3. The number of benzene rings is 1. The molecule has 0 aliphatic carbocycles. The van der Waals surface area contributed by atoms with Crippen LogP contribution in [0.15, 0.2) is 24.3 Å². The SMILES string of the molecule is NC(=O)c1ccccc1N.O=C=O. The fourth-order valence-electron chi connectivity index (χ4n) is 0.721. The summed E-state index contributed by atoms with van der Waals surface area (Å²) in [6.07, 6.45) is 0.250. The number of rotatable bonds is 1. The average molecular weight is 180 g/mol. The highest BCUT2D eigenvalue weighted by molar-refractivity contribution is 5.97. The molecule has 13 heavy (non-hydrogen) atoms. The third kappa shape index (κ3) is 3.69. The molecule has 0 atom stereocenters. The van der Waals surface area contributed by atoms with Gasteiger partial charge in [-0.3, -0.25) is 4.79 Å². The van der Waals surface area contributed by atoms with Crippen LogP contribution in [0.4, 0.5) is 5.69 Å². The Morgan fingerprint density at radius 3 is 2.00 bits per heavy atom. The van der Waals surface area contributed by atoms with Crippen LogP contribution >= 0.6 is 0 Å². The molecule has 0 radical (unpaired) electrons. The second-order valence-electron chi connectivity index (χ2n) is 2.03. The second-order valence-corrected chi connectivity index (χ2v) is 2.03. The van der Waals surface area contributed by atoms with Gasteiger partial charge in [-0.2, -0.15) is 9.59 Å². The number of primary amides is 1. The average Bonchev–Trinajstić information content (AvgIpc) is 2.06. The van der Waals surface area contributed by atoms with Gasteiger partial charge in [-0.05, 0) is 12.1 Å². The number of carbonyl (C=O) groups is 1. The lowest BCUT2D eigenvalue weighted by atomic mass is 10.2. The number of carbonyl (C=O) groups excluding carboxylic acids is 3. The molecular formula is C8H8N2O3.